The number of rotatable bonds is 3. The highest BCUT2D eigenvalue weighted by atomic mass is 16.2. The summed E-state index contributed by atoms with van der Waals surface area (Å²) in [5.41, 5.74) is 3.73. The van der Waals surface area contributed by atoms with Crippen LogP contribution in [0.3, 0.4) is 0 Å². The molecular formula is C19H19NO2. The van der Waals surface area contributed by atoms with Crippen LogP contribution in [0, 0.1) is 0 Å². The maximum absolute atomic E-state index is 12.7. The van der Waals surface area contributed by atoms with Crippen LogP contribution >= 0.6 is 0 Å². The first-order chi connectivity index (χ1) is 10.6. The van der Waals surface area contributed by atoms with Crippen molar-refractivity contribution in [2.45, 2.75) is 26.2 Å². The number of ketones is 1. The van der Waals surface area contributed by atoms with Crippen molar-refractivity contribution < 1.29 is 9.59 Å². The number of Topliss-reactive ketones (excluding diaryl/α,β-unsaturated/α-hetero) is 1. The molecule has 0 saturated carbocycles. The monoisotopic (exact) mass is 293 g/mol. The van der Waals surface area contributed by atoms with E-state index < -0.39 is 0 Å². The molecule has 1 heterocycles. The SMILES string of the molecule is CC(=O)c1ccc2c(c1)N(C(=O)Cc1ccccc1)CCC2. The lowest BCUT2D eigenvalue weighted by atomic mass is 9.97. The lowest BCUT2D eigenvalue weighted by Gasteiger charge is -2.30. The highest BCUT2D eigenvalue weighted by molar-refractivity contribution is 5.99. The van der Waals surface area contributed by atoms with Crippen molar-refractivity contribution in [1.82, 2.24) is 0 Å². The Labute approximate surface area is 130 Å². The molecule has 1 aliphatic heterocycles. The molecule has 0 bridgehead atoms. The molecule has 0 aromatic heterocycles. The number of anilines is 1. The van der Waals surface area contributed by atoms with E-state index in [9.17, 15) is 9.59 Å². The lowest BCUT2D eigenvalue weighted by Crippen LogP contribution is -2.36. The fourth-order valence-electron chi connectivity index (χ4n) is 2.92. The number of nitrogens with zero attached hydrogens (tertiary/aromatic N) is 1. The standard InChI is InChI=1S/C19H19NO2/c1-14(21)17-10-9-16-8-5-11-20(18(16)13-17)19(22)12-15-6-3-2-4-7-15/h2-4,6-7,9-10,13H,5,8,11-12H2,1H3. The first-order valence-electron chi connectivity index (χ1n) is 7.63. The largest absolute Gasteiger partial charge is 0.312 e. The third-order valence-electron chi connectivity index (χ3n) is 4.11. The van der Waals surface area contributed by atoms with Gasteiger partial charge in [-0.15, -0.1) is 0 Å². The Balaban J connectivity index is 1.88. The summed E-state index contributed by atoms with van der Waals surface area (Å²) in [7, 11) is 0. The second-order valence-electron chi connectivity index (χ2n) is 5.71. The van der Waals surface area contributed by atoms with Crippen molar-refractivity contribution in [3.63, 3.8) is 0 Å². The van der Waals surface area contributed by atoms with Crippen LogP contribution in [0.2, 0.25) is 0 Å². The minimum absolute atomic E-state index is 0.0313. The van der Waals surface area contributed by atoms with E-state index in [4.69, 9.17) is 0 Å². The van der Waals surface area contributed by atoms with E-state index in [0.717, 1.165) is 36.2 Å². The average molecular weight is 293 g/mol. The summed E-state index contributed by atoms with van der Waals surface area (Å²) in [4.78, 5) is 26.1. The normalized spacial score (nSPS) is 13.6. The molecule has 3 rings (SSSR count). The van der Waals surface area contributed by atoms with Gasteiger partial charge in [0, 0.05) is 17.8 Å². The summed E-state index contributed by atoms with van der Waals surface area (Å²) in [6.45, 7) is 2.28. The third kappa shape index (κ3) is 2.93. The number of aryl methyl sites for hydroxylation is 1. The van der Waals surface area contributed by atoms with Crippen molar-refractivity contribution in [3.05, 3.63) is 65.2 Å². The highest BCUT2D eigenvalue weighted by Gasteiger charge is 2.23. The van der Waals surface area contributed by atoms with Gasteiger partial charge in [0.2, 0.25) is 5.91 Å². The van der Waals surface area contributed by atoms with E-state index in [1.165, 1.54) is 0 Å². The van der Waals surface area contributed by atoms with Crippen LogP contribution in [0.5, 0.6) is 0 Å². The molecule has 112 valence electrons. The van der Waals surface area contributed by atoms with Gasteiger partial charge in [-0.05, 0) is 37.0 Å². The fourth-order valence-corrected chi connectivity index (χ4v) is 2.92. The first-order valence-corrected chi connectivity index (χ1v) is 7.63. The second kappa shape index (κ2) is 6.14. The van der Waals surface area contributed by atoms with Gasteiger partial charge in [0.25, 0.3) is 0 Å². The van der Waals surface area contributed by atoms with Gasteiger partial charge in [-0.1, -0.05) is 42.5 Å². The van der Waals surface area contributed by atoms with E-state index in [1.807, 2.05) is 53.4 Å². The molecule has 0 radical (unpaired) electrons. The van der Waals surface area contributed by atoms with Crippen molar-refractivity contribution in [3.8, 4) is 0 Å². The number of fused-ring (bicyclic) bond motifs is 1. The summed E-state index contributed by atoms with van der Waals surface area (Å²) in [5.74, 6) is 0.122. The Kier molecular flexibility index (Phi) is 4.05. The van der Waals surface area contributed by atoms with Crippen LogP contribution in [0.4, 0.5) is 5.69 Å². The zero-order chi connectivity index (χ0) is 15.5. The van der Waals surface area contributed by atoms with Crippen LogP contribution in [0.15, 0.2) is 48.5 Å². The van der Waals surface area contributed by atoms with Gasteiger partial charge in [0.1, 0.15) is 0 Å². The number of amides is 1. The van der Waals surface area contributed by atoms with E-state index >= 15 is 0 Å². The van der Waals surface area contributed by atoms with E-state index in [0.29, 0.717) is 12.0 Å². The molecule has 22 heavy (non-hydrogen) atoms. The number of benzene rings is 2. The molecule has 0 atom stereocenters. The molecule has 0 unspecified atom stereocenters. The molecule has 1 aliphatic rings. The minimum atomic E-state index is 0.0313. The van der Waals surface area contributed by atoms with E-state index in [-0.39, 0.29) is 11.7 Å². The fraction of sp³-hybridized carbons (Fsp3) is 0.263. The molecule has 2 aromatic carbocycles. The molecule has 0 aliphatic carbocycles. The zero-order valence-corrected chi connectivity index (χ0v) is 12.7. The molecule has 1 amide bonds. The Hall–Kier alpha value is -2.42. The third-order valence-corrected chi connectivity index (χ3v) is 4.11. The summed E-state index contributed by atoms with van der Waals surface area (Å²) < 4.78 is 0. The van der Waals surface area contributed by atoms with Gasteiger partial charge in [0.15, 0.2) is 5.78 Å². The Morgan fingerprint density at radius 1 is 1.09 bits per heavy atom. The van der Waals surface area contributed by atoms with Gasteiger partial charge in [0.05, 0.1) is 6.42 Å². The molecular weight excluding hydrogens is 274 g/mol. The molecule has 3 nitrogen and oxygen atoms in total. The van der Waals surface area contributed by atoms with E-state index in [1.54, 1.807) is 6.92 Å². The van der Waals surface area contributed by atoms with Gasteiger partial charge >= 0.3 is 0 Å². The Bertz CT molecular complexity index is 707. The number of hydrogen-bond acceptors (Lipinski definition) is 2. The summed E-state index contributed by atoms with van der Waals surface area (Å²) in [5, 5.41) is 0. The topological polar surface area (TPSA) is 37.4 Å². The quantitative estimate of drug-likeness (QED) is 0.813. The highest BCUT2D eigenvalue weighted by Crippen LogP contribution is 2.29. The maximum atomic E-state index is 12.7. The van der Waals surface area contributed by atoms with Gasteiger partial charge in [-0.2, -0.15) is 0 Å². The van der Waals surface area contributed by atoms with Crippen LogP contribution < -0.4 is 4.90 Å². The van der Waals surface area contributed by atoms with Crippen molar-refractivity contribution in [2.24, 2.45) is 0 Å². The van der Waals surface area contributed by atoms with Crippen LogP contribution in [-0.2, 0) is 17.6 Å². The average Bonchev–Trinajstić information content (AvgIpc) is 2.54. The van der Waals surface area contributed by atoms with Crippen LogP contribution in [-0.4, -0.2) is 18.2 Å². The number of hydrogen-bond donors (Lipinski definition) is 0. The lowest BCUT2D eigenvalue weighted by molar-refractivity contribution is -0.118. The maximum Gasteiger partial charge on any atom is 0.231 e. The van der Waals surface area contributed by atoms with Gasteiger partial charge in [-0.25, -0.2) is 0 Å². The van der Waals surface area contributed by atoms with Crippen LogP contribution in [0.1, 0.15) is 34.8 Å². The van der Waals surface area contributed by atoms with Crippen molar-refractivity contribution >= 4 is 17.4 Å². The van der Waals surface area contributed by atoms with E-state index in [2.05, 4.69) is 0 Å². The smallest absolute Gasteiger partial charge is 0.231 e. The Morgan fingerprint density at radius 2 is 1.86 bits per heavy atom. The molecule has 2 aromatic rings. The number of carbonyl (C=O) groups is 2. The predicted octanol–water partition coefficient (Wildman–Crippen LogP) is 3.41. The summed E-state index contributed by atoms with van der Waals surface area (Å²) >= 11 is 0. The minimum Gasteiger partial charge on any atom is -0.312 e. The molecule has 0 spiro atoms. The molecule has 0 saturated heterocycles. The van der Waals surface area contributed by atoms with Crippen molar-refractivity contribution in [1.29, 1.82) is 0 Å². The summed E-state index contributed by atoms with van der Waals surface area (Å²) in [6, 6.07) is 15.5. The Morgan fingerprint density at radius 3 is 2.59 bits per heavy atom. The van der Waals surface area contributed by atoms with Gasteiger partial charge in [-0.3, -0.25) is 9.59 Å². The van der Waals surface area contributed by atoms with Crippen molar-refractivity contribution in [2.75, 3.05) is 11.4 Å². The zero-order valence-electron chi connectivity index (χ0n) is 12.7. The van der Waals surface area contributed by atoms with Crippen LogP contribution in [0.25, 0.3) is 0 Å². The number of carbonyl (C=O) groups excluding carboxylic acids is 2. The summed E-state index contributed by atoms with van der Waals surface area (Å²) in [6.07, 6.45) is 2.32. The molecule has 0 fully saturated rings. The molecule has 0 N–H and O–H groups in total. The predicted molar refractivity (Wildman–Crippen MR) is 87.3 cm³/mol. The second-order valence-corrected chi connectivity index (χ2v) is 5.71. The molecule has 3 heteroatoms. The van der Waals surface area contributed by atoms with Gasteiger partial charge < -0.3 is 4.90 Å². The first kappa shape index (κ1) is 14.5.